The Morgan fingerprint density at radius 3 is 2.90 bits per heavy atom. The van der Waals surface area contributed by atoms with Crippen LogP contribution in [0.3, 0.4) is 0 Å². The van der Waals surface area contributed by atoms with Gasteiger partial charge in [-0.05, 0) is 47.9 Å². The number of tetrazole rings is 1. The van der Waals surface area contributed by atoms with Gasteiger partial charge in [0.1, 0.15) is 0 Å². The molecule has 0 amide bonds. The fourth-order valence-electron chi connectivity index (χ4n) is 2.14. The van der Waals surface area contributed by atoms with E-state index < -0.39 is 0 Å². The second-order valence-electron chi connectivity index (χ2n) is 5.04. The van der Waals surface area contributed by atoms with Gasteiger partial charge in [-0.15, -0.1) is 5.10 Å². The van der Waals surface area contributed by atoms with Crippen LogP contribution in [-0.2, 0) is 6.54 Å². The van der Waals surface area contributed by atoms with Crippen molar-refractivity contribution < 1.29 is 0 Å². The molecule has 1 N–H and O–H groups in total. The maximum atomic E-state index is 6.21. The first-order valence-electron chi connectivity index (χ1n) is 6.60. The quantitative estimate of drug-likeness (QED) is 0.921. The molecule has 1 aliphatic carbocycles. The summed E-state index contributed by atoms with van der Waals surface area (Å²) in [7, 11) is 0. The van der Waals surface area contributed by atoms with E-state index in [1.165, 1.54) is 0 Å². The van der Waals surface area contributed by atoms with Crippen LogP contribution in [0.4, 0.5) is 0 Å². The smallest absolute Gasteiger partial charge is 0.165 e. The highest BCUT2D eigenvalue weighted by Crippen LogP contribution is 2.34. The number of nitrogens with zero attached hydrogens (tertiary/aromatic N) is 4. The predicted octanol–water partition coefficient (Wildman–Crippen LogP) is 3.17. The van der Waals surface area contributed by atoms with E-state index in [9.17, 15) is 0 Å². The van der Waals surface area contributed by atoms with E-state index in [2.05, 4.69) is 27.8 Å². The molecule has 1 atom stereocenters. The van der Waals surface area contributed by atoms with Gasteiger partial charge in [-0.3, -0.25) is 0 Å². The number of hydrogen-bond donors (Lipinski definition) is 1. The largest absolute Gasteiger partial charge is 0.303 e. The highest BCUT2D eigenvalue weighted by molar-refractivity contribution is 6.35. The first-order chi connectivity index (χ1) is 9.65. The molecule has 0 unspecified atom stereocenters. The van der Waals surface area contributed by atoms with E-state index in [1.54, 1.807) is 6.07 Å². The van der Waals surface area contributed by atoms with Gasteiger partial charge >= 0.3 is 0 Å². The summed E-state index contributed by atoms with van der Waals surface area (Å²) in [5.74, 6) is 0.865. The lowest BCUT2D eigenvalue weighted by Crippen LogP contribution is -2.21. The second-order valence-corrected chi connectivity index (χ2v) is 5.88. The van der Waals surface area contributed by atoms with Crippen molar-refractivity contribution in [3.05, 3.63) is 39.6 Å². The van der Waals surface area contributed by atoms with Crippen LogP contribution < -0.4 is 5.32 Å². The molecule has 1 saturated carbocycles. The Morgan fingerprint density at radius 2 is 2.20 bits per heavy atom. The molecule has 20 heavy (non-hydrogen) atoms. The molecule has 0 aliphatic heterocycles. The number of rotatable bonds is 5. The maximum Gasteiger partial charge on any atom is 0.165 e. The summed E-state index contributed by atoms with van der Waals surface area (Å²) in [6.45, 7) is 2.67. The molecular weight excluding hydrogens is 297 g/mol. The highest BCUT2D eigenvalue weighted by atomic mass is 35.5. The van der Waals surface area contributed by atoms with Crippen molar-refractivity contribution in [3.8, 4) is 0 Å². The van der Waals surface area contributed by atoms with E-state index in [4.69, 9.17) is 23.2 Å². The Morgan fingerprint density at radius 1 is 1.40 bits per heavy atom. The molecule has 1 aromatic carbocycles. The van der Waals surface area contributed by atoms with Crippen LogP contribution >= 0.6 is 23.2 Å². The zero-order valence-corrected chi connectivity index (χ0v) is 12.6. The first kappa shape index (κ1) is 13.8. The van der Waals surface area contributed by atoms with E-state index >= 15 is 0 Å². The van der Waals surface area contributed by atoms with Crippen LogP contribution in [0.5, 0.6) is 0 Å². The van der Waals surface area contributed by atoms with Crippen LogP contribution in [0.2, 0.25) is 10.0 Å². The van der Waals surface area contributed by atoms with Gasteiger partial charge in [0, 0.05) is 16.1 Å². The average molecular weight is 312 g/mol. The van der Waals surface area contributed by atoms with Crippen molar-refractivity contribution in [1.82, 2.24) is 25.5 Å². The van der Waals surface area contributed by atoms with Gasteiger partial charge in [-0.2, -0.15) is 0 Å². The van der Waals surface area contributed by atoms with E-state index in [0.717, 1.165) is 24.2 Å². The lowest BCUT2D eigenvalue weighted by molar-refractivity contribution is 0.516. The molecule has 1 fully saturated rings. The van der Waals surface area contributed by atoms with Crippen LogP contribution in [0.25, 0.3) is 0 Å². The number of aromatic nitrogens is 4. The molecule has 2 aromatic rings. The fourth-order valence-corrected chi connectivity index (χ4v) is 2.71. The Balaban J connectivity index is 1.66. The lowest BCUT2D eigenvalue weighted by Gasteiger charge is -2.15. The van der Waals surface area contributed by atoms with E-state index in [1.807, 2.05) is 16.8 Å². The number of hydrogen-bond acceptors (Lipinski definition) is 4. The summed E-state index contributed by atoms with van der Waals surface area (Å²) >= 11 is 12.1. The van der Waals surface area contributed by atoms with Crippen LogP contribution in [0, 0.1) is 0 Å². The molecule has 1 aliphatic rings. The third kappa shape index (κ3) is 2.95. The molecule has 0 spiro atoms. The summed E-state index contributed by atoms with van der Waals surface area (Å²) in [5.41, 5.74) is 1.02. The number of nitrogens with one attached hydrogen (secondary N) is 1. The van der Waals surface area contributed by atoms with Crippen molar-refractivity contribution >= 4 is 23.2 Å². The van der Waals surface area contributed by atoms with Gasteiger partial charge in [0.25, 0.3) is 0 Å². The van der Waals surface area contributed by atoms with Crippen LogP contribution in [0.1, 0.15) is 43.2 Å². The molecule has 5 nitrogen and oxygen atoms in total. The van der Waals surface area contributed by atoms with Gasteiger partial charge in [0.2, 0.25) is 0 Å². The number of halogens is 2. The van der Waals surface area contributed by atoms with Gasteiger partial charge < -0.3 is 5.32 Å². The second kappa shape index (κ2) is 5.68. The highest BCUT2D eigenvalue weighted by Gasteiger charge is 2.27. The third-order valence-electron chi connectivity index (χ3n) is 3.45. The monoisotopic (exact) mass is 311 g/mol. The summed E-state index contributed by atoms with van der Waals surface area (Å²) in [6.07, 6.45) is 2.33. The zero-order chi connectivity index (χ0) is 14.1. The minimum absolute atomic E-state index is 0.101. The summed E-state index contributed by atoms with van der Waals surface area (Å²) < 4.78 is 1.91. The summed E-state index contributed by atoms with van der Waals surface area (Å²) in [6, 6.07) is 6.12. The fraction of sp³-hybridized carbons (Fsp3) is 0.462. The van der Waals surface area contributed by atoms with Crippen molar-refractivity contribution in [2.45, 2.75) is 38.4 Å². The van der Waals surface area contributed by atoms with Gasteiger partial charge in [0.05, 0.1) is 12.6 Å². The average Bonchev–Trinajstić information content (AvgIpc) is 3.15. The molecule has 1 aromatic heterocycles. The van der Waals surface area contributed by atoms with Crippen molar-refractivity contribution in [2.75, 3.05) is 0 Å². The Hall–Kier alpha value is -1.17. The minimum atomic E-state index is 0.101. The standard InChI is InChI=1S/C13H15Cl2N5/c1-8(11-5-2-9(14)6-12(11)15)16-7-13-17-18-19-20(13)10-3-4-10/h2,5-6,8,10,16H,3-4,7H2,1H3/t8-/m0/s1. The Bertz CT molecular complexity index is 609. The molecule has 106 valence electrons. The van der Waals surface area contributed by atoms with E-state index in [0.29, 0.717) is 22.6 Å². The number of benzene rings is 1. The third-order valence-corrected chi connectivity index (χ3v) is 4.01. The first-order valence-corrected chi connectivity index (χ1v) is 7.36. The topological polar surface area (TPSA) is 55.6 Å². The van der Waals surface area contributed by atoms with Crippen molar-refractivity contribution in [3.63, 3.8) is 0 Å². The van der Waals surface area contributed by atoms with Gasteiger partial charge in [0.15, 0.2) is 5.82 Å². The SMILES string of the molecule is C[C@H](NCc1nnnn1C1CC1)c1ccc(Cl)cc1Cl. The lowest BCUT2D eigenvalue weighted by atomic mass is 10.1. The minimum Gasteiger partial charge on any atom is -0.303 e. The Kier molecular flexibility index (Phi) is 3.92. The molecule has 3 rings (SSSR count). The zero-order valence-electron chi connectivity index (χ0n) is 11.1. The maximum absolute atomic E-state index is 6.21. The Labute approximate surface area is 127 Å². The normalized spacial score (nSPS) is 16.4. The van der Waals surface area contributed by atoms with Crippen molar-refractivity contribution in [1.29, 1.82) is 0 Å². The van der Waals surface area contributed by atoms with E-state index in [-0.39, 0.29) is 6.04 Å². The molecule has 7 heteroatoms. The van der Waals surface area contributed by atoms with Gasteiger partial charge in [-0.25, -0.2) is 4.68 Å². The van der Waals surface area contributed by atoms with Crippen LogP contribution in [0.15, 0.2) is 18.2 Å². The van der Waals surface area contributed by atoms with Crippen molar-refractivity contribution in [2.24, 2.45) is 0 Å². The molecule has 1 heterocycles. The predicted molar refractivity (Wildman–Crippen MR) is 77.8 cm³/mol. The molecule has 0 radical (unpaired) electrons. The molecule has 0 bridgehead atoms. The molecule has 0 saturated heterocycles. The molecular formula is C13H15Cl2N5. The van der Waals surface area contributed by atoms with Crippen LogP contribution in [-0.4, -0.2) is 20.2 Å². The van der Waals surface area contributed by atoms with Gasteiger partial charge in [-0.1, -0.05) is 29.3 Å². The summed E-state index contributed by atoms with van der Waals surface area (Å²) in [4.78, 5) is 0. The summed E-state index contributed by atoms with van der Waals surface area (Å²) in [5, 5.41) is 16.5.